The van der Waals surface area contributed by atoms with Crippen LogP contribution in [0.5, 0.6) is 0 Å². The summed E-state index contributed by atoms with van der Waals surface area (Å²) in [5, 5.41) is 7.95. The zero-order valence-corrected chi connectivity index (χ0v) is 8.70. The van der Waals surface area contributed by atoms with E-state index >= 15 is 0 Å². The quantitative estimate of drug-likeness (QED) is 0.713. The molecule has 76 valence electrons. The van der Waals surface area contributed by atoms with E-state index < -0.39 is 0 Å². The Hall–Kier alpha value is -0.900. The Balaban J connectivity index is 1.92. The monoisotopic (exact) mass is 192 g/mol. The van der Waals surface area contributed by atoms with Crippen molar-refractivity contribution in [3.63, 3.8) is 0 Å². The van der Waals surface area contributed by atoms with Crippen LogP contribution < -0.4 is 5.32 Å². The van der Waals surface area contributed by atoms with E-state index in [1.807, 2.05) is 18.7 Å². The van der Waals surface area contributed by atoms with Crippen LogP contribution >= 0.6 is 0 Å². The van der Waals surface area contributed by atoms with Gasteiger partial charge in [-0.15, -0.1) is 0 Å². The number of rotatable bonds is 1. The van der Waals surface area contributed by atoms with Crippen LogP contribution in [0.25, 0.3) is 0 Å². The second-order valence-corrected chi connectivity index (χ2v) is 4.53. The molecule has 4 nitrogen and oxygen atoms in total. The van der Waals surface area contributed by atoms with Gasteiger partial charge in [-0.1, -0.05) is 0 Å². The van der Waals surface area contributed by atoms with Gasteiger partial charge in [0.2, 0.25) is 0 Å². The summed E-state index contributed by atoms with van der Waals surface area (Å²) in [4.78, 5) is 4.52. The predicted octanol–water partition coefficient (Wildman–Crippen LogP) is 0.731. The fraction of sp³-hybridized carbons (Fsp3) is 0.800. The van der Waals surface area contributed by atoms with Crippen molar-refractivity contribution in [1.82, 2.24) is 20.1 Å². The summed E-state index contributed by atoms with van der Waals surface area (Å²) in [6.45, 7) is 1.96. The zero-order chi connectivity index (χ0) is 9.71. The summed E-state index contributed by atoms with van der Waals surface area (Å²) in [7, 11) is 2.00. The van der Waals surface area contributed by atoms with Crippen LogP contribution in [-0.2, 0) is 7.05 Å². The first kappa shape index (κ1) is 8.41. The highest BCUT2D eigenvalue weighted by Gasteiger charge is 2.41. The lowest BCUT2D eigenvalue weighted by Gasteiger charge is -2.18. The zero-order valence-electron chi connectivity index (χ0n) is 8.70. The Bertz CT molecular complexity index is 357. The summed E-state index contributed by atoms with van der Waals surface area (Å²) < 4.78 is 1.95. The van der Waals surface area contributed by atoms with Gasteiger partial charge in [-0.3, -0.25) is 4.68 Å². The standard InChI is InChI=1S/C10H16N4/c1-6-11-10(14(2)13-6)8-5-7-3-4-9(8)12-7/h7-9,12H,3-5H2,1-2H3. The summed E-state index contributed by atoms with van der Waals surface area (Å²) in [5.41, 5.74) is 0. The van der Waals surface area contributed by atoms with Crippen molar-refractivity contribution >= 4 is 0 Å². The van der Waals surface area contributed by atoms with Crippen LogP contribution in [0, 0.1) is 6.92 Å². The first-order valence-electron chi connectivity index (χ1n) is 5.37. The van der Waals surface area contributed by atoms with Gasteiger partial charge in [0.05, 0.1) is 0 Å². The molecule has 0 spiro atoms. The minimum absolute atomic E-state index is 0.597. The second-order valence-electron chi connectivity index (χ2n) is 4.53. The van der Waals surface area contributed by atoms with Gasteiger partial charge in [0.1, 0.15) is 11.6 Å². The van der Waals surface area contributed by atoms with E-state index in [1.54, 1.807) is 0 Å². The molecule has 3 heterocycles. The Morgan fingerprint density at radius 3 is 2.79 bits per heavy atom. The molecule has 0 saturated carbocycles. The van der Waals surface area contributed by atoms with Gasteiger partial charge in [-0.05, 0) is 26.2 Å². The Labute approximate surface area is 83.7 Å². The third kappa shape index (κ3) is 1.10. The summed E-state index contributed by atoms with van der Waals surface area (Å²) >= 11 is 0. The van der Waals surface area contributed by atoms with Crippen LogP contribution in [0.2, 0.25) is 0 Å². The van der Waals surface area contributed by atoms with Gasteiger partial charge in [0.25, 0.3) is 0 Å². The fourth-order valence-corrected chi connectivity index (χ4v) is 2.96. The molecule has 3 unspecified atom stereocenters. The molecule has 0 amide bonds. The molecule has 0 aliphatic carbocycles. The number of aromatic nitrogens is 3. The fourth-order valence-electron chi connectivity index (χ4n) is 2.96. The molecule has 0 radical (unpaired) electrons. The van der Waals surface area contributed by atoms with Crippen molar-refractivity contribution < 1.29 is 0 Å². The van der Waals surface area contributed by atoms with Crippen LogP contribution in [-0.4, -0.2) is 26.8 Å². The average molecular weight is 192 g/mol. The number of fused-ring (bicyclic) bond motifs is 2. The highest BCUT2D eigenvalue weighted by Crippen LogP contribution is 2.38. The Kier molecular flexibility index (Phi) is 1.68. The van der Waals surface area contributed by atoms with Gasteiger partial charge in [0.15, 0.2) is 0 Å². The maximum absolute atomic E-state index is 4.52. The molecule has 4 heteroatoms. The van der Waals surface area contributed by atoms with Crippen LogP contribution in [0.3, 0.4) is 0 Å². The van der Waals surface area contributed by atoms with Crippen molar-refractivity contribution in [3.05, 3.63) is 11.6 Å². The number of hydrogen-bond donors (Lipinski definition) is 1. The van der Waals surface area contributed by atoms with E-state index in [2.05, 4.69) is 15.4 Å². The average Bonchev–Trinajstić information content (AvgIpc) is 2.79. The van der Waals surface area contributed by atoms with Gasteiger partial charge in [0, 0.05) is 25.0 Å². The molecule has 3 atom stereocenters. The molecule has 1 aromatic heterocycles. The van der Waals surface area contributed by atoms with Crippen molar-refractivity contribution in [1.29, 1.82) is 0 Å². The molecular formula is C10H16N4. The lowest BCUT2D eigenvalue weighted by atomic mass is 9.88. The number of hydrogen-bond acceptors (Lipinski definition) is 3. The number of nitrogens with zero attached hydrogens (tertiary/aromatic N) is 3. The molecule has 3 rings (SSSR count). The predicted molar refractivity (Wildman–Crippen MR) is 53.0 cm³/mol. The lowest BCUT2D eigenvalue weighted by molar-refractivity contribution is 0.469. The first-order valence-corrected chi connectivity index (χ1v) is 5.37. The first-order chi connectivity index (χ1) is 6.74. The third-order valence-electron chi connectivity index (χ3n) is 3.53. The van der Waals surface area contributed by atoms with Crippen LogP contribution in [0.4, 0.5) is 0 Å². The number of aryl methyl sites for hydroxylation is 2. The smallest absolute Gasteiger partial charge is 0.147 e. The summed E-state index contributed by atoms with van der Waals surface area (Å²) in [6, 6.07) is 1.39. The largest absolute Gasteiger partial charge is 0.310 e. The second kappa shape index (κ2) is 2.79. The number of nitrogens with one attached hydrogen (secondary N) is 1. The molecule has 2 bridgehead atoms. The Morgan fingerprint density at radius 1 is 1.43 bits per heavy atom. The van der Waals surface area contributed by atoms with Crippen molar-refractivity contribution in [2.45, 2.75) is 44.2 Å². The van der Waals surface area contributed by atoms with Crippen molar-refractivity contribution in [3.8, 4) is 0 Å². The van der Waals surface area contributed by atoms with Crippen molar-refractivity contribution in [2.24, 2.45) is 7.05 Å². The van der Waals surface area contributed by atoms with Gasteiger partial charge in [-0.2, -0.15) is 5.10 Å². The highest BCUT2D eigenvalue weighted by atomic mass is 15.3. The molecule has 2 fully saturated rings. The molecular weight excluding hydrogens is 176 g/mol. The van der Waals surface area contributed by atoms with E-state index in [-0.39, 0.29) is 0 Å². The van der Waals surface area contributed by atoms with Gasteiger partial charge >= 0.3 is 0 Å². The molecule has 2 saturated heterocycles. The maximum Gasteiger partial charge on any atom is 0.147 e. The van der Waals surface area contributed by atoms with Gasteiger partial charge < -0.3 is 5.32 Å². The van der Waals surface area contributed by atoms with E-state index in [0.29, 0.717) is 12.0 Å². The minimum atomic E-state index is 0.597. The molecule has 2 aliphatic rings. The third-order valence-corrected chi connectivity index (χ3v) is 3.53. The molecule has 1 aromatic rings. The lowest BCUT2D eigenvalue weighted by Crippen LogP contribution is -2.23. The van der Waals surface area contributed by atoms with Crippen LogP contribution in [0.1, 0.15) is 36.8 Å². The topological polar surface area (TPSA) is 42.7 Å². The minimum Gasteiger partial charge on any atom is -0.310 e. The SMILES string of the molecule is Cc1nc(C2CC3CCC2N3)n(C)n1. The van der Waals surface area contributed by atoms with Crippen LogP contribution in [0.15, 0.2) is 0 Å². The molecule has 1 N–H and O–H groups in total. The van der Waals surface area contributed by atoms with E-state index in [9.17, 15) is 0 Å². The maximum atomic E-state index is 4.52. The Morgan fingerprint density at radius 2 is 2.29 bits per heavy atom. The van der Waals surface area contributed by atoms with Gasteiger partial charge in [-0.25, -0.2) is 4.98 Å². The van der Waals surface area contributed by atoms with E-state index in [1.165, 1.54) is 25.1 Å². The molecule has 2 aliphatic heterocycles. The van der Waals surface area contributed by atoms with E-state index in [4.69, 9.17) is 0 Å². The normalized spacial score (nSPS) is 35.4. The molecule has 0 aromatic carbocycles. The van der Waals surface area contributed by atoms with E-state index in [0.717, 1.165) is 11.9 Å². The molecule has 14 heavy (non-hydrogen) atoms. The summed E-state index contributed by atoms with van der Waals surface area (Å²) in [6.07, 6.45) is 3.90. The van der Waals surface area contributed by atoms with Crippen molar-refractivity contribution in [2.75, 3.05) is 0 Å². The highest BCUT2D eigenvalue weighted by molar-refractivity contribution is 5.12. The summed E-state index contributed by atoms with van der Waals surface area (Å²) in [5.74, 6) is 2.66.